The number of hydrogen-bond donors (Lipinski definition) is 3. The molecule has 3 rings (SSSR count). The minimum Gasteiger partial charge on any atom is -0.478 e. The zero-order valence-corrected chi connectivity index (χ0v) is 22.3. The van der Waals surface area contributed by atoms with E-state index in [0.29, 0.717) is 17.2 Å². The van der Waals surface area contributed by atoms with Crippen LogP contribution in [0.3, 0.4) is 0 Å². The number of benzene rings is 3. The van der Waals surface area contributed by atoms with Crippen molar-refractivity contribution in [3.05, 3.63) is 99.1 Å². The lowest BCUT2D eigenvalue weighted by atomic mass is 10.0. The second kappa shape index (κ2) is 14.7. The van der Waals surface area contributed by atoms with Crippen LogP contribution in [0, 0.1) is 13.8 Å². The van der Waals surface area contributed by atoms with Crippen LogP contribution in [0.1, 0.15) is 58.9 Å². The van der Waals surface area contributed by atoms with Gasteiger partial charge in [0.05, 0.1) is 27.8 Å². The number of carbonyl (C=O) groups excluding carboxylic acids is 1. The first kappa shape index (κ1) is 38.7. The molecular weight excluding hydrogens is 632 g/mol. The van der Waals surface area contributed by atoms with Crippen molar-refractivity contribution in [2.24, 2.45) is 0 Å². The Morgan fingerprint density at radius 2 is 0.907 bits per heavy atom. The van der Waals surface area contributed by atoms with Crippen molar-refractivity contribution < 1.29 is 68.8 Å². The second-order valence-corrected chi connectivity index (χ2v) is 8.62. The summed E-state index contributed by atoms with van der Waals surface area (Å²) in [7, 11) is 0. The molecular formula is C26H20ClF10NO5. The highest BCUT2D eigenvalue weighted by molar-refractivity contribution is 6.67. The third-order valence-corrected chi connectivity index (χ3v) is 5.19. The van der Waals surface area contributed by atoms with Crippen LogP contribution >= 0.6 is 11.6 Å². The number of rotatable bonds is 3. The Labute approximate surface area is 240 Å². The molecule has 0 aromatic heterocycles. The van der Waals surface area contributed by atoms with Gasteiger partial charge in [0.1, 0.15) is 0 Å². The SMILES string of the molecule is Cc1ccc(C(=O)Cl)c(C(F)(F)F)c1.Cc1ccc(C(=O)O)c(C(F)(F)F)c1.F.Nc1ccc(C(=O)O)c(C(F)(F)F)c1. The van der Waals surface area contributed by atoms with E-state index >= 15 is 0 Å². The molecule has 236 valence electrons. The Morgan fingerprint density at radius 3 is 1.23 bits per heavy atom. The predicted octanol–water partition coefficient (Wildman–Crippen LogP) is 8.24. The van der Waals surface area contributed by atoms with Gasteiger partial charge in [0.2, 0.25) is 0 Å². The predicted molar refractivity (Wildman–Crippen MR) is 135 cm³/mol. The lowest BCUT2D eigenvalue weighted by Gasteiger charge is -2.10. The first-order valence-corrected chi connectivity index (χ1v) is 11.3. The van der Waals surface area contributed by atoms with E-state index in [1.807, 2.05) is 0 Å². The van der Waals surface area contributed by atoms with E-state index in [2.05, 4.69) is 0 Å². The molecule has 0 saturated carbocycles. The van der Waals surface area contributed by atoms with E-state index in [4.69, 9.17) is 27.5 Å². The average molecular weight is 652 g/mol. The molecule has 0 spiro atoms. The maximum atomic E-state index is 12.4. The number of anilines is 1. The van der Waals surface area contributed by atoms with E-state index in [0.717, 1.165) is 36.4 Å². The summed E-state index contributed by atoms with van der Waals surface area (Å²) in [6, 6.07) is 9.04. The second-order valence-electron chi connectivity index (χ2n) is 8.28. The molecule has 43 heavy (non-hydrogen) atoms. The molecule has 4 N–H and O–H groups in total. The molecule has 0 saturated heterocycles. The van der Waals surface area contributed by atoms with Gasteiger partial charge >= 0.3 is 30.5 Å². The zero-order chi connectivity index (χ0) is 32.8. The average Bonchev–Trinajstić information content (AvgIpc) is 2.82. The number of halogens is 11. The fourth-order valence-corrected chi connectivity index (χ4v) is 3.29. The van der Waals surface area contributed by atoms with E-state index < -0.39 is 69.1 Å². The Hall–Kier alpha value is -4.34. The summed E-state index contributed by atoms with van der Waals surface area (Å²) >= 11 is 5.03. The summed E-state index contributed by atoms with van der Waals surface area (Å²) in [6.45, 7) is 2.98. The maximum Gasteiger partial charge on any atom is 0.417 e. The minimum atomic E-state index is -4.71. The Balaban J connectivity index is 0.000000608. The number of aryl methyl sites for hydroxylation is 2. The number of carboxylic acid groups (broad SMARTS) is 2. The van der Waals surface area contributed by atoms with Gasteiger partial charge in [-0.3, -0.25) is 9.50 Å². The monoisotopic (exact) mass is 651 g/mol. The summed E-state index contributed by atoms with van der Waals surface area (Å²) in [4.78, 5) is 31.6. The molecule has 0 aliphatic rings. The molecule has 0 fully saturated rings. The first-order chi connectivity index (χ1) is 19.0. The van der Waals surface area contributed by atoms with E-state index in [1.165, 1.54) is 26.0 Å². The van der Waals surface area contributed by atoms with Gasteiger partial charge in [-0.2, -0.15) is 39.5 Å². The molecule has 3 aromatic carbocycles. The van der Waals surface area contributed by atoms with Crippen molar-refractivity contribution in [3.63, 3.8) is 0 Å². The number of nitrogen functional groups attached to an aromatic ring is 1. The summed E-state index contributed by atoms with van der Waals surface area (Å²) in [5.74, 6) is -3.20. The molecule has 0 aliphatic carbocycles. The molecule has 17 heteroatoms. The molecule has 0 radical (unpaired) electrons. The van der Waals surface area contributed by atoms with Crippen molar-refractivity contribution in [3.8, 4) is 0 Å². The van der Waals surface area contributed by atoms with Crippen molar-refractivity contribution in [2.75, 3.05) is 5.73 Å². The molecule has 0 atom stereocenters. The number of alkyl halides is 9. The van der Waals surface area contributed by atoms with Crippen molar-refractivity contribution in [2.45, 2.75) is 32.4 Å². The largest absolute Gasteiger partial charge is 0.478 e. The quantitative estimate of drug-likeness (QED) is 0.149. The summed E-state index contributed by atoms with van der Waals surface area (Å²) < 4.78 is 111. The lowest BCUT2D eigenvalue weighted by molar-refractivity contribution is -0.138. The van der Waals surface area contributed by atoms with Crippen LogP contribution in [0.2, 0.25) is 0 Å². The third-order valence-electron chi connectivity index (χ3n) is 4.98. The highest BCUT2D eigenvalue weighted by Gasteiger charge is 2.36. The standard InChI is InChI=1S/C9H6ClF3O.C9H7F3O2.C8H6F3NO2.FH/c1-5-2-3-6(8(10)14)7(4-5)9(11,12)13;1-5-2-3-6(8(13)14)7(4-5)9(10,11)12;9-8(10,11)6-3-4(12)1-2-5(6)7(13)14;/h2-4H,1H3;2-4H,1H3,(H,13,14);1-3H,12H2,(H,13,14);1H. The minimum absolute atomic E-state index is 0. The van der Waals surface area contributed by atoms with Crippen LogP contribution in [0.4, 0.5) is 49.9 Å². The van der Waals surface area contributed by atoms with Crippen molar-refractivity contribution in [1.29, 1.82) is 0 Å². The van der Waals surface area contributed by atoms with Gasteiger partial charge in [0.15, 0.2) is 0 Å². The van der Waals surface area contributed by atoms with Crippen LogP contribution in [0.15, 0.2) is 54.6 Å². The molecule has 0 bridgehead atoms. The van der Waals surface area contributed by atoms with E-state index in [9.17, 15) is 53.9 Å². The third kappa shape index (κ3) is 11.5. The number of hydrogen-bond acceptors (Lipinski definition) is 4. The molecule has 0 aliphatic heterocycles. The Bertz CT molecular complexity index is 1290. The van der Waals surface area contributed by atoms with Crippen LogP contribution in [0.5, 0.6) is 0 Å². The fraction of sp³-hybridized carbons (Fsp3) is 0.192. The van der Waals surface area contributed by atoms with Gasteiger partial charge < -0.3 is 15.9 Å². The van der Waals surface area contributed by atoms with Gasteiger partial charge in [0, 0.05) is 11.3 Å². The first-order valence-electron chi connectivity index (χ1n) is 11.0. The number of carbonyl (C=O) groups is 3. The zero-order valence-electron chi connectivity index (χ0n) is 21.6. The highest BCUT2D eigenvalue weighted by atomic mass is 35.5. The highest BCUT2D eigenvalue weighted by Crippen LogP contribution is 2.35. The number of nitrogens with two attached hydrogens (primary N) is 1. The van der Waals surface area contributed by atoms with Crippen LogP contribution in [-0.2, 0) is 18.5 Å². The molecule has 3 aromatic rings. The normalized spacial score (nSPS) is 11.2. The fourth-order valence-electron chi connectivity index (χ4n) is 3.13. The molecule has 0 amide bonds. The van der Waals surface area contributed by atoms with Gasteiger partial charge in [-0.15, -0.1) is 0 Å². The van der Waals surface area contributed by atoms with Crippen molar-refractivity contribution in [1.82, 2.24) is 0 Å². The number of carboxylic acids is 2. The van der Waals surface area contributed by atoms with Gasteiger partial charge in [0.25, 0.3) is 5.24 Å². The molecule has 0 unspecified atom stereocenters. The maximum absolute atomic E-state index is 12.4. The summed E-state index contributed by atoms with van der Waals surface area (Å²) in [5.41, 5.74) is 0.461. The van der Waals surface area contributed by atoms with Crippen LogP contribution in [-0.4, -0.2) is 27.4 Å². The van der Waals surface area contributed by atoms with Crippen LogP contribution < -0.4 is 5.73 Å². The van der Waals surface area contributed by atoms with Gasteiger partial charge in [-0.05, 0) is 67.9 Å². The molecule has 0 heterocycles. The lowest BCUT2D eigenvalue weighted by Crippen LogP contribution is -2.13. The van der Waals surface area contributed by atoms with Crippen molar-refractivity contribution >= 4 is 34.5 Å². The number of aromatic carboxylic acids is 2. The van der Waals surface area contributed by atoms with Crippen LogP contribution in [0.25, 0.3) is 0 Å². The Morgan fingerprint density at radius 1 is 0.605 bits per heavy atom. The van der Waals surface area contributed by atoms with Gasteiger partial charge in [-0.25, -0.2) is 9.59 Å². The summed E-state index contributed by atoms with van der Waals surface area (Å²) in [5, 5.41) is 15.9. The van der Waals surface area contributed by atoms with E-state index in [1.54, 1.807) is 0 Å². The Kier molecular flexibility index (Phi) is 13.2. The van der Waals surface area contributed by atoms with E-state index in [-0.39, 0.29) is 10.4 Å². The topological polar surface area (TPSA) is 118 Å². The smallest absolute Gasteiger partial charge is 0.417 e. The molecule has 6 nitrogen and oxygen atoms in total. The van der Waals surface area contributed by atoms with Gasteiger partial charge in [-0.1, -0.05) is 23.3 Å². The summed E-state index contributed by atoms with van der Waals surface area (Å²) in [6.07, 6.45) is -13.9.